The van der Waals surface area contributed by atoms with E-state index in [1.165, 1.54) is 6.20 Å². The van der Waals surface area contributed by atoms with Gasteiger partial charge in [-0.15, -0.1) is 0 Å². The molecule has 0 saturated carbocycles. The summed E-state index contributed by atoms with van der Waals surface area (Å²) < 4.78 is 16.5. The van der Waals surface area contributed by atoms with E-state index >= 15 is 0 Å². The molecule has 8 heteroatoms. The van der Waals surface area contributed by atoms with Gasteiger partial charge in [0.2, 0.25) is 5.88 Å². The maximum atomic E-state index is 12.4. The smallest absolute Gasteiger partial charge is 0.414 e. The SMILES string of the molecule is Cc1ccc(N2CC(CNC(=O)c3ccc(OC4CCOCC4)nc3)OC2=O)cc1. The highest BCUT2D eigenvalue weighted by atomic mass is 16.6. The number of amides is 2. The molecule has 1 atom stereocenters. The van der Waals surface area contributed by atoms with E-state index in [0.29, 0.717) is 31.2 Å². The van der Waals surface area contributed by atoms with Gasteiger partial charge in [0.25, 0.3) is 5.91 Å². The van der Waals surface area contributed by atoms with Crippen LogP contribution in [-0.4, -0.2) is 55.5 Å². The molecule has 8 nitrogen and oxygen atoms in total. The van der Waals surface area contributed by atoms with E-state index in [-0.39, 0.29) is 18.6 Å². The first-order chi connectivity index (χ1) is 14.6. The molecule has 0 bridgehead atoms. The number of anilines is 1. The first-order valence-corrected chi connectivity index (χ1v) is 10.1. The second-order valence-electron chi connectivity index (χ2n) is 7.48. The van der Waals surface area contributed by atoms with Crippen LogP contribution in [0.5, 0.6) is 5.88 Å². The van der Waals surface area contributed by atoms with Crippen molar-refractivity contribution >= 4 is 17.7 Å². The van der Waals surface area contributed by atoms with Crippen LogP contribution in [-0.2, 0) is 9.47 Å². The minimum atomic E-state index is -0.410. The average Bonchev–Trinajstić information content (AvgIpc) is 3.14. The number of cyclic esters (lactones) is 1. The Hall–Kier alpha value is -3.13. The quantitative estimate of drug-likeness (QED) is 0.786. The zero-order valence-electron chi connectivity index (χ0n) is 16.9. The van der Waals surface area contributed by atoms with Crippen LogP contribution in [0.1, 0.15) is 28.8 Å². The van der Waals surface area contributed by atoms with Gasteiger partial charge in [-0.3, -0.25) is 9.69 Å². The van der Waals surface area contributed by atoms with Gasteiger partial charge in [0.1, 0.15) is 12.2 Å². The number of ether oxygens (including phenoxy) is 3. The van der Waals surface area contributed by atoms with Crippen molar-refractivity contribution in [3.63, 3.8) is 0 Å². The summed E-state index contributed by atoms with van der Waals surface area (Å²) in [5.41, 5.74) is 2.32. The van der Waals surface area contributed by atoms with Gasteiger partial charge < -0.3 is 19.5 Å². The topological polar surface area (TPSA) is 90.0 Å². The number of carbonyl (C=O) groups is 2. The normalized spacial score (nSPS) is 19.4. The van der Waals surface area contributed by atoms with Crippen LogP contribution in [0.25, 0.3) is 0 Å². The fourth-order valence-corrected chi connectivity index (χ4v) is 3.42. The molecule has 2 amide bonds. The Labute approximate surface area is 175 Å². The number of benzene rings is 1. The van der Waals surface area contributed by atoms with E-state index in [9.17, 15) is 9.59 Å². The lowest BCUT2D eigenvalue weighted by Gasteiger charge is -2.22. The number of hydrogen-bond acceptors (Lipinski definition) is 6. The molecule has 0 radical (unpaired) electrons. The van der Waals surface area contributed by atoms with Crippen LogP contribution in [0.4, 0.5) is 10.5 Å². The summed E-state index contributed by atoms with van der Waals surface area (Å²) in [5, 5.41) is 2.80. The van der Waals surface area contributed by atoms with E-state index in [1.54, 1.807) is 17.0 Å². The Bertz CT molecular complexity index is 879. The van der Waals surface area contributed by atoms with E-state index < -0.39 is 12.2 Å². The summed E-state index contributed by atoms with van der Waals surface area (Å²) in [6.07, 6.45) is 2.44. The molecule has 1 aromatic heterocycles. The van der Waals surface area contributed by atoms with Gasteiger partial charge in [0.15, 0.2) is 0 Å². The lowest BCUT2D eigenvalue weighted by Crippen LogP contribution is -2.34. The van der Waals surface area contributed by atoms with E-state index in [1.807, 2.05) is 31.2 Å². The van der Waals surface area contributed by atoms with Crippen LogP contribution in [0.2, 0.25) is 0 Å². The van der Waals surface area contributed by atoms with E-state index in [2.05, 4.69) is 10.3 Å². The molecular formula is C22H25N3O5. The number of aryl methyl sites for hydroxylation is 1. The first kappa shape index (κ1) is 20.2. The standard InChI is InChI=1S/C22H25N3O5/c1-15-2-5-17(6-3-15)25-14-19(30-22(25)27)13-24-21(26)16-4-7-20(23-12-16)29-18-8-10-28-11-9-18/h2-7,12,18-19H,8-11,13-14H2,1H3,(H,24,26). The third kappa shape index (κ3) is 4.88. The minimum Gasteiger partial charge on any atom is -0.474 e. The third-order valence-corrected chi connectivity index (χ3v) is 5.16. The van der Waals surface area contributed by atoms with E-state index in [0.717, 1.165) is 24.1 Å². The summed E-state index contributed by atoms with van der Waals surface area (Å²) in [6, 6.07) is 11.0. The molecule has 2 aromatic rings. The number of nitrogens with zero attached hydrogens (tertiary/aromatic N) is 2. The monoisotopic (exact) mass is 411 g/mol. The van der Waals surface area contributed by atoms with Gasteiger partial charge in [-0.25, -0.2) is 9.78 Å². The van der Waals surface area contributed by atoms with Gasteiger partial charge in [-0.1, -0.05) is 17.7 Å². The number of carbonyl (C=O) groups excluding carboxylic acids is 2. The summed E-state index contributed by atoms with van der Waals surface area (Å²) in [6.45, 7) is 3.99. The van der Waals surface area contributed by atoms with Gasteiger partial charge in [-0.05, 0) is 25.1 Å². The van der Waals surface area contributed by atoms with Gasteiger partial charge in [-0.2, -0.15) is 0 Å². The molecule has 2 aliphatic heterocycles. The largest absolute Gasteiger partial charge is 0.474 e. The van der Waals surface area contributed by atoms with Crippen molar-refractivity contribution in [3.8, 4) is 5.88 Å². The Balaban J connectivity index is 1.27. The van der Waals surface area contributed by atoms with Crippen LogP contribution >= 0.6 is 0 Å². The zero-order valence-corrected chi connectivity index (χ0v) is 16.9. The summed E-state index contributed by atoms with van der Waals surface area (Å²) in [5.74, 6) is 0.224. The molecule has 3 heterocycles. The number of nitrogens with one attached hydrogen (secondary N) is 1. The predicted molar refractivity (Wildman–Crippen MR) is 110 cm³/mol. The van der Waals surface area contributed by atoms with Crippen LogP contribution in [0, 0.1) is 6.92 Å². The third-order valence-electron chi connectivity index (χ3n) is 5.16. The lowest BCUT2D eigenvalue weighted by atomic mass is 10.1. The minimum absolute atomic E-state index is 0.0967. The number of hydrogen-bond donors (Lipinski definition) is 1. The van der Waals surface area contributed by atoms with Crippen LogP contribution < -0.4 is 15.0 Å². The molecular weight excluding hydrogens is 386 g/mol. The molecule has 30 heavy (non-hydrogen) atoms. The Kier molecular flexibility index (Phi) is 6.13. The molecule has 2 aliphatic rings. The van der Waals surface area contributed by atoms with E-state index in [4.69, 9.17) is 14.2 Å². The van der Waals surface area contributed by atoms with Crippen molar-refractivity contribution in [2.45, 2.75) is 32.0 Å². The predicted octanol–water partition coefficient (Wildman–Crippen LogP) is 2.70. The van der Waals surface area contributed by atoms with Crippen LogP contribution in [0.15, 0.2) is 42.6 Å². The van der Waals surface area contributed by atoms with Crippen LogP contribution in [0.3, 0.4) is 0 Å². The van der Waals surface area contributed by atoms with Crippen molar-refractivity contribution < 1.29 is 23.8 Å². The molecule has 158 valence electrons. The van der Waals surface area contributed by atoms with Crippen molar-refractivity contribution in [2.24, 2.45) is 0 Å². The Morgan fingerprint density at radius 1 is 1.20 bits per heavy atom. The fraction of sp³-hybridized carbons (Fsp3) is 0.409. The molecule has 1 aromatic carbocycles. The highest BCUT2D eigenvalue weighted by Crippen LogP contribution is 2.22. The highest BCUT2D eigenvalue weighted by Gasteiger charge is 2.32. The van der Waals surface area contributed by atoms with Crippen molar-refractivity contribution in [3.05, 3.63) is 53.7 Å². The summed E-state index contributed by atoms with van der Waals surface area (Å²) >= 11 is 0. The molecule has 2 saturated heterocycles. The average molecular weight is 411 g/mol. The van der Waals surface area contributed by atoms with Crippen molar-refractivity contribution in [2.75, 3.05) is 31.2 Å². The van der Waals surface area contributed by atoms with Gasteiger partial charge in [0, 0.05) is 30.8 Å². The Morgan fingerprint density at radius 3 is 2.67 bits per heavy atom. The number of aromatic nitrogens is 1. The van der Waals surface area contributed by atoms with Crippen molar-refractivity contribution in [1.82, 2.24) is 10.3 Å². The number of pyridine rings is 1. The highest BCUT2D eigenvalue weighted by molar-refractivity contribution is 5.94. The fourth-order valence-electron chi connectivity index (χ4n) is 3.42. The molecule has 1 N–H and O–H groups in total. The Morgan fingerprint density at radius 2 is 1.97 bits per heavy atom. The molecule has 2 fully saturated rings. The van der Waals surface area contributed by atoms with Gasteiger partial charge in [0.05, 0.1) is 31.9 Å². The summed E-state index contributed by atoms with van der Waals surface area (Å²) in [4.78, 5) is 30.4. The van der Waals surface area contributed by atoms with Crippen molar-refractivity contribution in [1.29, 1.82) is 0 Å². The molecule has 1 unspecified atom stereocenters. The lowest BCUT2D eigenvalue weighted by molar-refractivity contribution is 0.0237. The molecule has 4 rings (SSSR count). The first-order valence-electron chi connectivity index (χ1n) is 10.1. The maximum Gasteiger partial charge on any atom is 0.414 e. The maximum absolute atomic E-state index is 12.4. The zero-order chi connectivity index (χ0) is 20.9. The number of rotatable bonds is 6. The second kappa shape index (κ2) is 9.13. The van der Waals surface area contributed by atoms with Gasteiger partial charge >= 0.3 is 6.09 Å². The summed E-state index contributed by atoms with van der Waals surface area (Å²) in [7, 11) is 0. The molecule has 0 spiro atoms. The molecule has 0 aliphatic carbocycles. The second-order valence-corrected chi connectivity index (χ2v) is 7.48.